The summed E-state index contributed by atoms with van der Waals surface area (Å²) in [7, 11) is 0. The molecule has 0 amide bonds. The van der Waals surface area contributed by atoms with Gasteiger partial charge in [0, 0.05) is 5.56 Å². The third kappa shape index (κ3) is 1.13. The van der Waals surface area contributed by atoms with Crippen LogP contribution in [-0.2, 0) is 6.42 Å². The molecule has 0 fully saturated rings. The number of hydrogen-bond donors (Lipinski definition) is 0. The summed E-state index contributed by atoms with van der Waals surface area (Å²) in [5, 5.41) is 2.24. The second kappa shape index (κ2) is 3.06. The van der Waals surface area contributed by atoms with Crippen LogP contribution >= 0.6 is 0 Å². The number of hydrogen-bond acceptors (Lipinski definition) is 1. The first-order chi connectivity index (χ1) is 7.40. The van der Waals surface area contributed by atoms with Crippen molar-refractivity contribution in [3.8, 4) is 0 Å². The van der Waals surface area contributed by atoms with E-state index in [1.165, 1.54) is 11.1 Å². The highest BCUT2D eigenvalue weighted by Crippen LogP contribution is 2.30. The van der Waals surface area contributed by atoms with Crippen molar-refractivity contribution < 1.29 is 4.79 Å². The molecule has 0 spiro atoms. The molecular formula is C14H10O. The minimum Gasteiger partial charge on any atom is -0.298 e. The average molecular weight is 194 g/mol. The predicted molar refractivity (Wildman–Crippen MR) is 62.1 cm³/mol. The van der Waals surface area contributed by atoms with Gasteiger partial charge in [0.1, 0.15) is 0 Å². The second-order valence-corrected chi connectivity index (χ2v) is 3.81. The van der Waals surface area contributed by atoms with Crippen LogP contribution in [0.5, 0.6) is 0 Å². The highest BCUT2D eigenvalue weighted by molar-refractivity contribution is 6.04. The summed E-state index contributed by atoms with van der Waals surface area (Å²) in [6.07, 6.45) is 6.18. The molecule has 0 N–H and O–H groups in total. The van der Waals surface area contributed by atoms with Crippen molar-refractivity contribution in [1.29, 1.82) is 0 Å². The number of rotatable bonds is 1. The van der Waals surface area contributed by atoms with E-state index in [4.69, 9.17) is 0 Å². The zero-order valence-corrected chi connectivity index (χ0v) is 8.23. The van der Waals surface area contributed by atoms with Gasteiger partial charge < -0.3 is 0 Å². The number of carbonyl (C=O) groups excluding carboxylic acids is 1. The Labute approximate surface area is 88.0 Å². The number of carbonyl (C=O) groups is 1. The molecule has 1 aliphatic carbocycles. The zero-order valence-electron chi connectivity index (χ0n) is 8.23. The van der Waals surface area contributed by atoms with E-state index in [-0.39, 0.29) is 0 Å². The third-order valence-electron chi connectivity index (χ3n) is 2.96. The van der Waals surface area contributed by atoms with Gasteiger partial charge in [0.05, 0.1) is 0 Å². The molecule has 0 bridgehead atoms. The van der Waals surface area contributed by atoms with Crippen LogP contribution < -0.4 is 0 Å². The van der Waals surface area contributed by atoms with Gasteiger partial charge in [-0.3, -0.25) is 4.79 Å². The van der Waals surface area contributed by atoms with E-state index >= 15 is 0 Å². The fourth-order valence-corrected chi connectivity index (χ4v) is 2.25. The van der Waals surface area contributed by atoms with Crippen molar-refractivity contribution >= 4 is 23.1 Å². The van der Waals surface area contributed by atoms with E-state index in [1.807, 2.05) is 12.1 Å². The fourth-order valence-electron chi connectivity index (χ4n) is 2.25. The lowest BCUT2D eigenvalue weighted by Crippen LogP contribution is -1.89. The van der Waals surface area contributed by atoms with Crippen LogP contribution in [-0.4, -0.2) is 6.29 Å². The van der Waals surface area contributed by atoms with E-state index in [2.05, 4.69) is 30.4 Å². The Kier molecular flexibility index (Phi) is 1.72. The maximum atomic E-state index is 11.0. The standard InChI is InChI=1S/C14H10O/c15-9-12-5-1-4-11-8-7-10-3-2-6-13(10)14(11)12/h1-2,4-9H,3H2. The van der Waals surface area contributed by atoms with Gasteiger partial charge in [-0.2, -0.15) is 0 Å². The van der Waals surface area contributed by atoms with Gasteiger partial charge in [0.2, 0.25) is 0 Å². The quantitative estimate of drug-likeness (QED) is 0.637. The summed E-state index contributed by atoms with van der Waals surface area (Å²) in [4.78, 5) is 11.0. The Hall–Kier alpha value is -1.89. The summed E-state index contributed by atoms with van der Waals surface area (Å²) in [5.74, 6) is 0. The van der Waals surface area contributed by atoms with Crippen molar-refractivity contribution in [2.45, 2.75) is 6.42 Å². The maximum absolute atomic E-state index is 11.0. The predicted octanol–water partition coefficient (Wildman–Crippen LogP) is 3.22. The van der Waals surface area contributed by atoms with E-state index < -0.39 is 0 Å². The number of fused-ring (bicyclic) bond motifs is 3. The molecule has 0 atom stereocenters. The van der Waals surface area contributed by atoms with Crippen molar-refractivity contribution in [3.05, 3.63) is 53.1 Å². The lowest BCUT2D eigenvalue weighted by molar-refractivity contribution is 0.112. The molecule has 0 heterocycles. The van der Waals surface area contributed by atoms with Crippen LogP contribution in [0.2, 0.25) is 0 Å². The fraction of sp³-hybridized carbons (Fsp3) is 0.0714. The van der Waals surface area contributed by atoms with Gasteiger partial charge in [-0.05, 0) is 28.3 Å². The van der Waals surface area contributed by atoms with Crippen LogP contribution in [0.25, 0.3) is 16.8 Å². The Bertz CT molecular complexity index is 579. The van der Waals surface area contributed by atoms with Gasteiger partial charge in [-0.25, -0.2) is 0 Å². The normalized spacial score (nSPS) is 13.1. The summed E-state index contributed by atoms with van der Waals surface area (Å²) >= 11 is 0. The first kappa shape index (κ1) is 8.42. The Balaban J connectivity index is 2.51. The lowest BCUT2D eigenvalue weighted by atomic mass is 9.97. The first-order valence-corrected chi connectivity index (χ1v) is 5.06. The smallest absolute Gasteiger partial charge is 0.150 e. The molecule has 0 radical (unpaired) electrons. The maximum Gasteiger partial charge on any atom is 0.150 e. The van der Waals surface area contributed by atoms with Gasteiger partial charge in [0.25, 0.3) is 0 Å². The third-order valence-corrected chi connectivity index (χ3v) is 2.96. The van der Waals surface area contributed by atoms with E-state index in [0.29, 0.717) is 0 Å². The monoisotopic (exact) mass is 194 g/mol. The summed E-state index contributed by atoms with van der Waals surface area (Å²) in [5.41, 5.74) is 3.32. The van der Waals surface area contributed by atoms with E-state index in [9.17, 15) is 4.79 Å². The van der Waals surface area contributed by atoms with Crippen LogP contribution in [0, 0.1) is 0 Å². The van der Waals surface area contributed by atoms with Crippen molar-refractivity contribution in [3.63, 3.8) is 0 Å². The molecule has 72 valence electrons. The largest absolute Gasteiger partial charge is 0.298 e. The Morgan fingerprint density at radius 3 is 2.93 bits per heavy atom. The Morgan fingerprint density at radius 1 is 1.13 bits per heavy atom. The van der Waals surface area contributed by atoms with Crippen molar-refractivity contribution in [2.75, 3.05) is 0 Å². The molecule has 1 heteroatoms. The molecule has 2 aromatic rings. The van der Waals surface area contributed by atoms with Gasteiger partial charge in [-0.15, -0.1) is 0 Å². The summed E-state index contributed by atoms with van der Waals surface area (Å²) < 4.78 is 0. The average Bonchev–Trinajstić information content (AvgIpc) is 2.76. The summed E-state index contributed by atoms with van der Waals surface area (Å²) in [6.45, 7) is 0. The number of benzene rings is 2. The van der Waals surface area contributed by atoms with Gasteiger partial charge in [0.15, 0.2) is 6.29 Å². The van der Waals surface area contributed by atoms with E-state index in [0.717, 1.165) is 29.0 Å². The second-order valence-electron chi connectivity index (χ2n) is 3.81. The highest BCUT2D eigenvalue weighted by Gasteiger charge is 2.11. The number of allylic oxidation sites excluding steroid dienone is 1. The molecule has 3 rings (SSSR count). The van der Waals surface area contributed by atoms with Crippen LogP contribution in [0.15, 0.2) is 36.4 Å². The van der Waals surface area contributed by atoms with Crippen molar-refractivity contribution in [1.82, 2.24) is 0 Å². The topological polar surface area (TPSA) is 17.1 Å². The molecule has 1 aliphatic rings. The SMILES string of the molecule is O=Cc1cccc2ccc3c(c12)C=CC3. The molecule has 0 aromatic heterocycles. The van der Waals surface area contributed by atoms with Crippen LogP contribution in [0.3, 0.4) is 0 Å². The molecule has 0 aliphatic heterocycles. The highest BCUT2D eigenvalue weighted by atomic mass is 16.1. The first-order valence-electron chi connectivity index (χ1n) is 5.06. The molecular weight excluding hydrogens is 184 g/mol. The Morgan fingerprint density at radius 2 is 2.07 bits per heavy atom. The molecule has 2 aromatic carbocycles. The molecule has 15 heavy (non-hydrogen) atoms. The molecule has 0 saturated heterocycles. The van der Waals surface area contributed by atoms with Gasteiger partial charge >= 0.3 is 0 Å². The van der Waals surface area contributed by atoms with Gasteiger partial charge in [-0.1, -0.05) is 42.5 Å². The molecule has 1 nitrogen and oxygen atoms in total. The number of aldehydes is 1. The summed E-state index contributed by atoms with van der Waals surface area (Å²) in [6, 6.07) is 10.1. The van der Waals surface area contributed by atoms with Crippen molar-refractivity contribution in [2.24, 2.45) is 0 Å². The lowest BCUT2D eigenvalue weighted by Gasteiger charge is -2.06. The van der Waals surface area contributed by atoms with Crippen LogP contribution in [0.4, 0.5) is 0 Å². The minimum atomic E-state index is 0.788. The van der Waals surface area contributed by atoms with Crippen LogP contribution in [0.1, 0.15) is 21.5 Å². The zero-order chi connectivity index (χ0) is 10.3. The minimum absolute atomic E-state index is 0.788. The molecule has 0 unspecified atom stereocenters. The molecule has 0 saturated carbocycles. The van der Waals surface area contributed by atoms with E-state index in [1.54, 1.807) is 0 Å².